The molecule has 1 aromatic carbocycles. The first kappa shape index (κ1) is 10.2. The third-order valence-corrected chi connectivity index (χ3v) is 2.57. The molecule has 0 saturated carbocycles. The number of nitrogens with one attached hydrogen (secondary N) is 1. The zero-order chi connectivity index (χ0) is 10.7. The molecule has 0 atom stereocenters. The van der Waals surface area contributed by atoms with Gasteiger partial charge in [-0.05, 0) is 12.5 Å². The highest BCUT2D eigenvalue weighted by Gasteiger charge is 2.01. The van der Waals surface area contributed by atoms with E-state index in [4.69, 9.17) is 11.6 Å². The number of halogens is 1. The first-order valence-electron chi connectivity index (χ1n) is 4.92. The van der Waals surface area contributed by atoms with Gasteiger partial charge in [0.1, 0.15) is 5.82 Å². The van der Waals surface area contributed by atoms with Crippen molar-refractivity contribution in [1.29, 1.82) is 0 Å². The fourth-order valence-corrected chi connectivity index (χ4v) is 1.71. The topological polar surface area (TPSA) is 28.7 Å². The number of imidazole rings is 1. The van der Waals surface area contributed by atoms with Gasteiger partial charge in [-0.2, -0.15) is 0 Å². The van der Waals surface area contributed by atoms with Gasteiger partial charge in [0, 0.05) is 18.3 Å². The van der Waals surface area contributed by atoms with Crippen LogP contribution in [-0.2, 0) is 12.3 Å². The Morgan fingerprint density at radius 2 is 2.27 bits per heavy atom. The van der Waals surface area contributed by atoms with Crippen molar-refractivity contribution in [2.24, 2.45) is 0 Å². The summed E-state index contributed by atoms with van der Waals surface area (Å²) in [6.45, 7) is 2.09. The van der Waals surface area contributed by atoms with Crippen LogP contribution in [0.5, 0.6) is 0 Å². The molecule has 0 unspecified atom stereocenters. The number of aromatic amines is 1. The van der Waals surface area contributed by atoms with Crippen LogP contribution >= 0.6 is 11.6 Å². The Hall–Kier alpha value is -1.28. The lowest BCUT2D eigenvalue weighted by atomic mass is 10.1. The van der Waals surface area contributed by atoms with E-state index >= 15 is 0 Å². The lowest BCUT2D eigenvalue weighted by Gasteiger charge is -1.99. The Morgan fingerprint density at radius 3 is 2.93 bits per heavy atom. The quantitative estimate of drug-likeness (QED) is 0.792. The van der Waals surface area contributed by atoms with E-state index in [0.717, 1.165) is 17.9 Å². The molecule has 0 aliphatic rings. The van der Waals surface area contributed by atoms with Crippen molar-refractivity contribution >= 4 is 11.6 Å². The fraction of sp³-hybridized carbons (Fsp3) is 0.250. The minimum absolute atomic E-state index is 0.487. The van der Waals surface area contributed by atoms with Crippen LogP contribution in [0.4, 0.5) is 0 Å². The maximum atomic E-state index is 5.70. The van der Waals surface area contributed by atoms with E-state index in [1.54, 1.807) is 6.20 Å². The van der Waals surface area contributed by atoms with Crippen LogP contribution in [0.3, 0.4) is 0 Å². The number of rotatable bonds is 3. The van der Waals surface area contributed by atoms with Crippen molar-refractivity contribution in [2.45, 2.75) is 19.2 Å². The number of alkyl halides is 1. The van der Waals surface area contributed by atoms with E-state index in [1.807, 2.05) is 0 Å². The van der Waals surface area contributed by atoms with E-state index in [9.17, 15) is 0 Å². The Bertz CT molecular complexity index is 448. The summed E-state index contributed by atoms with van der Waals surface area (Å²) in [7, 11) is 0. The molecule has 78 valence electrons. The minimum Gasteiger partial charge on any atom is -0.345 e. The van der Waals surface area contributed by atoms with E-state index in [0.29, 0.717) is 5.88 Å². The fourth-order valence-electron chi connectivity index (χ4n) is 1.58. The van der Waals surface area contributed by atoms with Gasteiger partial charge >= 0.3 is 0 Å². The summed E-state index contributed by atoms with van der Waals surface area (Å²) in [5.74, 6) is 1.46. The summed E-state index contributed by atoms with van der Waals surface area (Å²) >= 11 is 5.70. The van der Waals surface area contributed by atoms with Gasteiger partial charge in [-0.3, -0.25) is 0 Å². The molecule has 0 fully saturated rings. The highest BCUT2D eigenvalue weighted by atomic mass is 35.5. The van der Waals surface area contributed by atoms with Crippen molar-refractivity contribution in [1.82, 2.24) is 9.97 Å². The molecule has 1 N–H and O–H groups in total. The first-order chi connectivity index (χ1) is 7.28. The number of aryl methyl sites for hydroxylation is 1. The molecule has 0 aliphatic heterocycles. The van der Waals surface area contributed by atoms with Gasteiger partial charge in [0.05, 0.1) is 5.88 Å². The molecular weight excluding hydrogens is 208 g/mol. The van der Waals surface area contributed by atoms with Gasteiger partial charge in [0.25, 0.3) is 0 Å². The van der Waals surface area contributed by atoms with Crippen molar-refractivity contribution in [3.8, 4) is 0 Å². The van der Waals surface area contributed by atoms with Crippen LogP contribution in [-0.4, -0.2) is 9.97 Å². The average Bonchev–Trinajstić information content (AvgIpc) is 2.65. The average molecular weight is 221 g/mol. The molecule has 0 spiro atoms. The smallest absolute Gasteiger partial charge is 0.110 e. The van der Waals surface area contributed by atoms with Gasteiger partial charge in [-0.1, -0.05) is 29.8 Å². The van der Waals surface area contributed by atoms with Crippen LogP contribution < -0.4 is 0 Å². The van der Waals surface area contributed by atoms with E-state index in [-0.39, 0.29) is 0 Å². The second-order valence-corrected chi connectivity index (χ2v) is 3.92. The Balaban J connectivity index is 2.14. The second-order valence-electron chi connectivity index (χ2n) is 3.65. The van der Waals surface area contributed by atoms with Crippen LogP contribution in [0, 0.1) is 6.92 Å². The summed E-state index contributed by atoms with van der Waals surface area (Å²) in [5, 5.41) is 0. The molecular formula is C12H13ClN2. The lowest BCUT2D eigenvalue weighted by molar-refractivity contribution is 1.01. The number of nitrogens with zero attached hydrogens (tertiary/aromatic N) is 1. The van der Waals surface area contributed by atoms with Crippen molar-refractivity contribution < 1.29 is 0 Å². The highest BCUT2D eigenvalue weighted by Crippen LogP contribution is 2.09. The summed E-state index contributed by atoms with van der Waals surface area (Å²) in [6.07, 6.45) is 2.62. The van der Waals surface area contributed by atoms with Crippen molar-refractivity contribution in [2.75, 3.05) is 0 Å². The molecule has 15 heavy (non-hydrogen) atoms. The molecule has 0 radical (unpaired) electrons. The molecule has 2 aromatic rings. The van der Waals surface area contributed by atoms with E-state index in [2.05, 4.69) is 41.2 Å². The molecule has 0 amide bonds. The zero-order valence-corrected chi connectivity index (χ0v) is 9.38. The summed E-state index contributed by atoms with van der Waals surface area (Å²) < 4.78 is 0. The van der Waals surface area contributed by atoms with Gasteiger partial charge in [0.2, 0.25) is 0 Å². The monoisotopic (exact) mass is 220 g/mol. The first-order valence-corrected chi connectivity index (χ1v) is 5.45. The summed E-state index contributed by atoms with van der Waals surface area (Å²) in [4.78, 5) is 7.46. The number of H-pyrrole nitrogens is 1. The zero-order valence-electron chi connectivity index (χ0n) is 8.63. The van der Waals surface area contributed by atoms with Gasteiger partial charge in [0.15, 0.2) is 0 Å². The standard InChI is InChI=1S/C12H13ClN2/c1-9-3-2-4-10(5-9)6-12-14-8-11(7-13)15-12/h2-5,8H,6-7H2,1H3,(H,14,15). The maximum absolute atomic E-state index is 5.70. The normalized spacial score (nSPS) is 10.5. The summed E-state index contributed by atoms with van der Waals surface area (Å²) in [6, 6.07) is 8.44. The number of hydrogen-bond acceptors (Lipinski definition) is 1. The van der Waals surface area contributed by atoms with Gasteiger partial charge < -0.3 is 4.98 Å². The largest absolute Gasteiger partial charge is 0.345 e. The predicted molar refractivity (Wildman–Crippen MR) is 62.1 cm³/mol. The van der Waals surface area contributed by atoms with E-state index < -0.39 is 0 Å². The van der Waals surface area contributed by atoms with Crippen LogP contribution in [0.15, 0.2) is 30.5 Å². The van der Waals surface area contributed by atoms with Gasteiger partial charge in [-0.25, -0.2) is 4.98 Å². The summed E-state index contributed by atoms with van der Waals surface area (Å²) in [5.41, 5.74) is 3.52. The predicted octanol–water partition coefficient (Wildman–Crippen LogP) is 3.05. The molecule has 3 heteroatoms. The molecule has 1 heterocycles. The number of hydrogen-bond donors (Lipinski definition) is 1. The molecule has 2 rings (SSSR count). The number of aromatic nitrogens is 2. The lowest BCUT2D eigenvalue weighted by Crippen LogP contribution is -1.91. The third kappa shape index (κ3) is 2.60. The Kier molecular flexibility index (Phi) is 3.07. The molecule has 0 bridgehead atoms. The molecule has 0 aliphatic carbocycles. The Morgan fingerprint density at radius 1 is 1.40 bits per heavy atom. The highest BCUT2D eigenvalue weighted by molar-refractivity contribution is 6.16. The third-order valence-electron chi connectivity index (χ3n) is 2.28. The number of benzene rings is 1. The molecule has 2 nitrogen and oxygen atoms in total. The molecule has 1 aromatic heterocycles. The molecule has 0 saturated heterocycles. The van der Waals surface area contributed by atoms with Gasteiger partial charge in [-0.15, -0.1) is 11.6 Å². The SMILES string of the molecule is Cc1cccc(Cc2ncc(CCl)[nH]2)c1. The van der Waals surface area contributed by atoms with Crippen LogP contribution in [0.1, 0.15) is 22.6 Å². The van der Waals surface area contributed by atoms with Crippen LogP contribution in [0.25, 0.3) is 0 Å². The Labute approximate surface area is 94.3 Å². The van der Waals surface area contributed by atoms with E-state index in [1.165, 1.54) is 11.1 Å². The maximum Gasteiger partial charge on any atom is 0.110 e. The minimum atomic E-state index is 0.487. The van der Waals surface area contributed by atoms with Crippen molar-refractivity contribution in [3.05, 3.63) is 53.1 Å². The second kappa shape index (κ2) is 4.49. The van der Waals surface area contributed by atoms with Crippen LogP contribution in [0.2, 0.25) is 0 Å². The van der Waals surface area contributed by atoms with Crippen molar-refractivity contribution in [3.63, 3.8) is 0 Å².